The van der Waals surface area contributed by atoms with Crippen LogP contribution in [0.2, 0.25) is 0 Å². The number of carboxylic acid groups (broad SMARTS) is 2. The van der Waals surface area contributed by atoms with Crippen molar-refractivity contribution in [2.75, 3.05) is 0 Å². The number of rotatable bonds is 3. The number of hydrogen-bond acceptors (Lipinski definition) is 2. The van der Waals surface area contributed by atoms with Gasteiger partial charge in [0.1, 0.15) is 11.7 Å². The molecule has 0 saturated heterocycles. The van der Waals surface area contributed by atoms with Crippen molar-refractivity contribution in [1.82, 2.24) is 4.57 Å². The predicted molar refractivity (Wildman–Crippen MR) is 61.2 cm³/mol. The van der Waals surface area contributed by atoms with Crippen LogP contribution in [0.3, 0.4) is 0 Å². The molecule has 0 spiro atoms. The Morgan fingerprint density at radius 2 is 1.88 bits per heavy atom. The Balaban J connectivity index is 2.76. The summed E-state index contributed by atoms with van der Waals surface area (Å²) in [7, 11) is 0. The van der Waals surface area contributed by atoms with Crippen LogP contribution < -0.4 is 0 Å². The molecule has 88 valence electrons. The summed E-state index contributed by atoms with van der Waals surface area (Å²) in [5.41, 5.74) is 0.598. The summed E-state index contributed by atoms with van der Waals surface area (Å²) in [6.07, 6.45) is 0. The van der Waals surface area contributed by atoms with Crippen molar-refractivity contribution >= 4 is 22.8 Å². The summed E-state index contributed by atoms with van der Waals surface area (Å²) in [6, 6.07) is 7.56. The molecule has 2 N–H and O–H groups in total. The van der Waals surface area contributed by atoms with Gasteiger partial charge in [0.15, 0.2) is 0 Å². The largest absolute Gasteiger partial charge is 0.480 e. The van der Waals surface area contributed by atoms with Crippen molar-refractivity contribution in [2.24, 2.45) is 0 Å². The first-order valence-electron chi connectivity index (χ1n) is 5.08. The predicted octanol–water partition coefficient (Wildman–Crippen LogP) is 1.99. The third kappa shape index (κ3) is 1.75. The highest BCUT2D eigenvalue weighted by Gasteiger charge is 2.22. The first kappa shape index (κ1) is 11.2. The van der Waals surface area contributed by atoms with Crippen molar-refractivity contribution in [2.45, 2.75) is 13.0 Å². The number of aromatic carboxylic acids is 1. The molecule has 5 heteroatoms. The molecule has 2 aromatic rings. The number of aliphatic carboxylic acids is 1. The van der Waals surface area contributed by atoms with E-state index in [1.807, 2.05) is 0 Å². The van der Waals surface area contributed by atoms with E-state index in [0.29, 0.717) is 5.52 Å². The lowest BCUT2D eigenvalue weighted by molar-refractivity contribution is -0.140. The van der Waals surface area contributed by atoms with Crippen LogP contribution in [0.4, 0.5) is 0 Å². The van der Waals surface area contributed by atoms with Gasteiger partial charge in [-0.15, -0.1) is 0 Å². The normalized spacial score (nSPS) is 12.5. The van der Waals surface area contributed by atoms with E-state index < -0.39 is 18.0 Å². The maximum Gasteiger partial charge on any atom is 0.352 e. The quantitative estimate of drug-likeness (QED) is 0.849. The molecule has 1 aromatic carbocycles. The van der Waals surface area contributed by atoms with Crippen LogP contribution in [0.1, 0.15) is 23.5 Å². The molecule has 2 rings (SSSR count). The summed E-state index contributed by atoms with van der Waals surface area (Å²) in [4.78, 5) is 22.1. The lowest BCUT2D eigenvalue weighted by atomic mass is 10.2. The zero-order valence-corrected chi connectivity index (χ0v) is 9.12. The minimum absolute atomic E-state index is 0.0129. The third-order valence-electron chi connectivity index (χ3n) is 2.71. The van der Waals surface area contributed by atoms with Crippen molar-refractivity contribution in [3.05, 3.63) is 36.0 Å². The van der Waals surface area contributed by atoms with Crippen LogP contribution in [-0.4, -0.2) is 26.7 Å². The molecule has 0 aliphatic carbocycles. The molecule has 0 fully saturated rings. The highest BCUT2D eigenvalue weighted by atomic mass is 16.4. The molecule has 1 aromatic heterocycles. The lowest BCUT2D eigenvalue weighted by Crippen LogP contribution is -2.19. The van der Waals surface area contributed by atoms with Crippen molar-refractivity contribution in [3.63, 3.8) is 0 Å². The Bertz CT molecular complexity index is 600. The van der Waals surface area contributed by atoms with Gasteiger partial charge in [0.25, 0.3) is 0 Å². The van der Waals surface area contributed by atoms with Crippen LogP contribution in [-0.2, 0) is 4.79 Å². The number of para-hydroxylation sites is 1. The number of aromatic nitrogens is 1. The summed E-state index contributed by atoms with van der Waals surface area (Å²) >= 11 is 0. The van der Waals surface area contributed by atoms with Crippen molar-refractivity contribution in [3.8, 4) is 0 Å². The van der Waals surface area contributed by atoms with Gasteiger partial charge in [-0.25, -0.2) is 9.59 Å². The number of hydrogen-bond donors (Lipinski definition) is 2. The fraction of sp³-hybridized carbons (Fsp3) is 0.167. The lowest BCUT2D eigenvalue weighted by Gasteiger charge is -2.12. The Hall–Kier alpha value is -2.30. The van der Waals surface area contributed by atoms with Crippen LogP contribution in [0.15, 0.2) is 30.3 Å². The van der Waals surface area contributed by atoms with Gasteiger partial charge < -0.3 is 14.8 Å². The fourth-order valence-corrected chi connectivity index (χ4v) is 1.87. The average Bonchev–Trinajstić information content (AvgIpc) is 2.67. The number of benzene rings is 1. The second kappa shape index (κ2) is 3.93. The topological polar surface area (TPSA) is 79.5 Å². The van der Waals surface area contributed by atoms with Crippen LogP contribution in [0, 0.1) is 0 Å². The average molecular weight is 233 g/mol. The van der Waals surface area contributed by atoms with Crippen molar-refractivity contribution in [1.29, 1.82) is 0 Å². The Kier molecular flexibility index (Phi) is 2.59. The summed E-state index contributed by atoms with van der Waals surface area (Å²) in [5.74, 6) is -2.19. The molecule has 1 unspecified atom stereocenters. The van der Waals surface area contributed by atoms with Crippen LogP contribution in [0.5, 0.6) is 0 Å². The molecule has 1 atom stereocenters. The minimum atomic E-state index is -1.13. The van der Waals surface area contributed by atoms with E-state index in [-0.39, 0.29) is 5.69 Å². The van der Waals surface area contributed by atoms with E-state index in [1.165, 1.54) is 17.6 Å². The number of fused-ring (bicyclic) bond motifs is 1. The molecular weight excluding hydrogens is 222 g/mol. The van der Waals surface area contributed by atoms with Crippen LogP contribution >= 0.6 is 0 Å². The first-order valence-corrected chi connectivity index (χ1v) is 5.08. The third-order valence-corrected chi connectivity index (χ3v) is 2.71. The molecule has 0 bridgehead atoms. The molecule has 0 aliphatic rings. The number of nitrogens with zero attached hydrogens (tertiary/aromatic N) is 1. The molecule has 0 saturated carbocycles. The molecule has 0 amide bonds. The van der Waals surface area contributed by atoms with E-state index in [4.69, 9.17) is 10.2 Å². The van der Waals surface area contributed by atoms with Gasteiger partial charge in [-0.2, -0.15) is 0 Å². The molecule has 0 aliphatic heterocycles. The highest BCUT2D eigenvalue weighted by Crippen LogP contribution is 2.24. The van der Waals surface area contributed by atoms with Gasteiger partial charge in [0, 0.05) is 10.9 Å². The fourth-order valence-electron chi connectivity index (χ4n) is 1.87. The van der Waals surface area contributed by atoms with E-state index in [0.717, 1.165) is 5.39 Å². The van der Waals surface area contributed by atoms with Crippen molar-refractivity contribution < 1.29 is 19.8 Å². The van der Waals surface area contributed by atoms with Gasteiger partial charge in [-0.3, -0.25) is 0 Å². The summed E-state index contributed by atoms with van der Waals surface area (Å²) in [5, 5.41) is 18.8. The molecule has 1 heterocycles. The second-order valence-electron chi connectivity index (χ2n) is 3.78. The number of carboxylic acids is 2. The molecular formula is C12H11NO4. The van der Waals surface area contributed by atoms with Gasteiger partial charge in [0.05, 0.1) is 0 Å². The Morgan fingerprint density at radius 3 is 2.47 bits per heavy atom. The zero-order chi connectivity index (χ0) is 12.6. The summed E-state index contributed by atoms with van der Waals surface area (Å²) < 4.78 is 1.32. The van der Waals surface area contributed by atoms with E-state index in [9.17, 15) is 9.59 Å². The minimum Gasteiger partial charge on any atom is -0.480 e. The van der Waals surface area contributed by atoms with E-state index in [1.54, 1.807) is 24.3 Å². The first-order chi connectivity index (χ1) is 8.02. The van der Waals surface area contributed by atoms with E-state index >= 15 is 0 Å². The van der Waals surface area contributed by atoms with Gasteiger partial charge in [-0.05, 0) is 19.1 Å². The Morgan fingerprint density at radius 1 is 1.24 bits per heavy atom. The van der Waals surface area contributed by atoms with Gasteiger partial charge in [0.2, 0.25) is 0 Å². The van der Waals surface area contributed by atoms with Gasteiger partial charge in [-0.1, -0.05) is 18.2 Å². The smallest absolute Gasteiger partial charge is 0.352 e. The zero-order valence-electron chi connectivity index (χ0n) is 9.12. The second-order valence-corrected chi connectivity index (χ2v) is 3.78. The molecule has 5 nitrogen and oxygen atoms in total. The maximum atomic E-state index is 11.1. The van der Waals surface area contributed by atoms with Gasteiger partial charge >= 0.3 is 11.9 Å². The standard InChI is InChI=1S/C12H11NO4/c1-7(11(14)15)13-9-5-3-2-4-8(9)6-10(13)12(16)17/h2-7H,1H3,(H,14,15)(H,16,17). The molecule has 0 radical (unpaired) electrons. The monoisotopic (exact) mass is 233 g/mol. The maximum absolute atomic E-state index is 11.1. The number of carbonyl (C=O) groups is 2. The Labute approximate surface area is 96.9 Å². The summed E-state index contributed by atoms with van der Waals surface area (Å²) in [6.45, 7) is 1.46. The van der Waals surface area contributed by atoms with E-state index in [2.05, 4.69) is 0 Å². The molecule has 17 heavy (non-hydrogen) atoms. The highest BCUT2D eigenvalue weighted by molar-refractivity contribution is 5.95. The van der Waals surface area contributed by atoms with Crippen LogP contribution in [0.25, 0.3) is 10.9 Å². The SMILES string of the molecule is CC(C(=O)O)n1c(C(=O)O)cc2ccccc21.